The number of carbonyl (C=O) groups excluding carboxylic acids is 2. The van der Waals surface area contributed by atoms with E-state index in [1.807, 2.05) is 43.2 Å². The Morgan fingerprint density at radius 3 is 2.41 bits per heavy atom. The maximum Gasteiger partial charge on any atom is 0.187 e. The highest BCUT2D eigenvalue weighted by molar-refractivity contribution is 6.01. The topological polar surface area (TPSA) is 59.9 Å². The molecule has 0 aliphatic heterocycles. The first kappa shape index (κ1) is 11.1. The maximum absolute atomic E-state index is 11.6. The number of allylic oxidation sites excluding steroid dienone is 1. The van der Waals surface area contributed by atoms with Crippen LogP contribution in [0.1, 0.15) is 22.6 Å². The van der Waals surface area contributed by atoms with Crippen molar-refractivity contribution in [3.05, 3.63) is 41.7 Å². The summed E-state index contributed by atoms with van der Waals surface area (Å²) in [6, 6.07) is 7.58. The number of para-hydroxylation sites is 2. The second-order valence-electron chi connectivity index (χ2n) is 3.48. The Labute approximate surface area is 98.0 Å². The Morgan fingerprint density at radius 1 is 1.06 bits per heavy atom. The van der Waals surface area contributed by atoms with Crippen LogP contribution in [-0.4, -0.2) is 22.5 Å². The van der Waals surface area contributed by atoms with Gasteiger partial charge in [-0.15, -0.1) is 0 Å². The molecule has 84 valence electrons. The summed E-state index contributed by atoms with van der Waals surface area (Å²) in [4.78, 5) is 28.3. The monoisotopic (exact) mass is 226 g/mol. The lowest BCUT2D eigenvalue weighted by molar-refractivity contribution is -0.0979. The molecule has 1 aromatic heterocycles. The van der Waals surface area contributed by atoms with Crippen LogP contribution in [0.15, 0.2) is 30.3 Å². The van der Waals surface area contributed by atoms with Crippen molar-refractivity contribution in [3.8, 4) is 0 Å². The summed E-state index contributed by atoms with van der Waals surface area (Å²) in [5.74, 6) is 0.0470. The molecule has 4 heteroatoms. The normalized spacial score (nSPS) is 12.8. The molecular formula is C13H10N2O2. The predicted octanol–water partition coefficient (Wildman–Crippen LogP) is 2.04. The molecule has 0 fully saturated rings. The van der Waals surface area contributed by atoms with E-state index in [0.717, 1.165) is 11.0 Å². The number of fused-ring (bicyclic) bond motifs is 2. The zero-order valence-corrected chi connectivity index (χ0v) is 9.09. The molecule has 1 aliphatic carbocycles. The number of hydrogen-bond donors (Lipinski definition) is 0. The van der Waals surface area contributed by atoms with Crippen molar-refractivity contribution in [2.24, 2.45) is 0 Å². The Morgan fingerprint density at radius 2 is 1.71 bits per heavy atom. The fraction of sp³-hybridized carbons (Fsp3) is 0.0769. The molecule has 1 aliphatic rings. The van der Waals surface area contributed by atoms with Crippen LogP contribution in [0, 0.1) is 0 Å². The van der Waals surface area contributed by atoms with E-state index in [1.165, 1.54) is 0 Å². The third-order valence-corrected chi connectivity index (χ3v) is 2.44. The third-order valence-electron chi connectivity index (χ3n) is 2.44. The molecule has 0 amide bonds. The van der Waals surface area contributed by atoms with Crippen molar-refractivity contribution in [2.45, 2.75) is 6.42 Å². The number of Topliss-reactive ketones (excluding diaryl/α,β-unsaturated/α-hetero) is 1. The second kappa shape index (κ2) is 4.65. The Hall–Kier alpha value is -2.36. The molecule has 1 aromatic carbocycles. The first-order valence-electron chi connectivity index (χ1n) is 5.10. The van der Waals surface area contributed by atoms with Crippen LogP contribution >= 0.6 is 0 Å². The van der Waals surface area contributed by atoms with Gasteiger partial charge in [-0.1, -0.05) is 18.2 Å². The van der Waals surface area contributed by atoms with Gasteiger partial charge in [-0.3, -0.25) is 4.79 Å². The molecule has 2 aromatic rings. The molecule has 17 heavy (non-hydrogen) atoms. The van der Waals surface area contributed by atoms with Crippen LogP contribution < -0.4 is 0 Å². The molecule has 4 nitrogen and oxygen atoms in total. The minimum Gasteiger partial charge on any atom is -0.307 e. The smallest absolute Gasteiger partial charge is 0.187 e. The molecule has 0 radical (unpaired) electrons. The summed E-state index contributed by atoms with van der Waals surface area (Å²) in [6.45, 7) is 2.00. The number of ketones is 1. The van der Waals surface area contributed by atoms with Gasteiger partial charge in [-0.25, -0.2) is 9.97 Å². The van der Waals surface area contributed by atoms with Crippen LogP contribution in [0.2, 0.25) is 0 Å². The molecular weight excluding hydrogens is 216 g/mol. The summed E-state index contributed by atoms with van der Waals surface area (Å²) in [7, 11) is 0. The molecule has 0 atom stereocenters. The molecule has 0 unspecified atom stereocenters. The average Bonchev–Trinajstić information content (AvgIpc) is 2.40. The van der Waals surface area contributed by atoms with E-state index < -0.39 is 0 Å². The highest BCUT2D eigenvalue weighted by Gasteiger charge is 2.16. The minimum atomic E-state index is 0.0470. The van der Waals surface area contributed by atoms with E-state index in [9.17, 15) is 4.79 Å². The number of nitrogens with zero attached hydrogens (tertiary/aromatic N) is 2. The van der Waals surface area contributed by atoms with Crippen LogP contribution in [0.4, 0.5) is 0 Å². The summed E-state index contributed by atoms with van der Waals surface area (Å²) >= 11 is 0. The van der Waals surface area contributed by atoms with Crippen LogP contribution in [-0.2, 0) is 4.79 Å². The summed E-state index contributed by atoms with van der Waals surface area (Å²) in [5, 5.41) is 0. The van der Waals surface area contributed by atoms with Crippen LogP contribution in [0.3, 0.4) is 0 Å². The van der Waals surface area contributed by atoms with Gasteiger partial charge in [0.15, 0.2) is 5.78 Å². The van der Waals surface area contributed by atoms with Gasteiger partial charge >= 0.3 is 0 Å². The van der Waals surface area contributed by atoms with Crippen LogP contribution in [0.25, 0.3) is 17.1 Å². The summed E-state index contributed by atoms with van der Waals surface area (Å²) < 4.78 is 0. The molecule has 0 spiro atoms. The fourth-order valence-electron chi connectivity index (χ4n) is 1.71. The lowest BCUT2D eigenvalue weighted by Gasteiger charge is -2.08. The van der Waals surface area contributed by atoms with Crippen molar-refractivity contribution in [2.75, 3.05) is 0 Å². The third kappa shape index (κ3) is 1.97. The number of hydrogen-bond acceptors (Lipinski definition) is 4. The van der Waals surface area contributed by atoms with Crippen molar-refractivity contribution in [3.63, 3.8) is 0 Å². The predicted molar refractivity (Wildman–Crippen MR) is 64.6 cm³/mol. The Bertz CT molecular complexity index is 605. The number of aromatic nitrogens is 2. The molecule has 0 saturated carbocycles. The van der Waals surface area contributed by atoms with Gasteiger partial charge in [0, 0.05) is 6.42 Å². The minimum absolute atomic E-state index is 0.0470. The summed E-state index contributed by atoms with van der Waals surface area (Å²) in [6.07, 6.45) is 4.12. The molecule has 0 N–H and O–H groups in total. The summed E-state index contributed by atoms with van der Waals surface area (Å²) in [5.41, 5.74) is 2.79. The first-order chi connectivity index (χ1) is 8.34. The maximum atomic E-state index is 11.6. The van der Waals surface area contributed by atoms with E-state index in [0.29, 0.717) is 17.8 Å². The Kier molecular flexibility index (Phi) is 3.05. The number of carbonyl (C=O) groups is 2. The lowest BCUT2D eigenvalue weighted by atomic mass is 10.1. The second-order valence-corrected chi connectivity index (χ2v) is 3.48. The average molecular weight is 226 g/mol. The van der Waals surface area contributed by atoms with Crippen molar-refractivity contribution >= 4 is 29.7 Å². The fourth-order valence-corrected chi connectivity index (χ4v) is 1.71. The zero-order valence-electron chi connectivity index (χ0n) is 9.09. The van der Waals surface area contributed by atoms with Crippen molar-refractivity contribution < 1.29 is 9.59 Å². The molecule has 3 rings (SSSR count). The van der Waals surface area contributed by atoms with Gasteiger partial charge in [0.1, 0.15) is 12.5 Å². The highest BCUT2D eigenvalue weighted by Crippen LogP contribution is 2.18. The van der Waals surface area contributed by atoms with Gasteiger partial charge in [-0.05, 0) is 18.2 Å². The SMILES string of the molecule is C=O.O=C1CC=Cc2nc3ccccc3nc21. The van der Waals surface area contributed by atoms with E-state index in [4.69, 9.17) is 4.79 Å². The quantitative estimate of drug-likeness (QED) is 0.689. The van der Waals surface area contributed by atoms with Gasteiger partial charge in [-0.2, -0.15) is 0 Å². The van der Waals surface area contributed by atoms with E-state index >= 15 is 0 Å². The number of benzene rings is 1. The standard InChI is InChI=1S/C12H8N2O.CH2O/c15-11-7-3-6-10-12(11)14-9-5-2-1-4-8(9)13-10;1-2/h1-6H,7H2;1H2. The molecule has 0 bridgehead atoms. The van der Waals surface area contributed by atoms with Crippen molar-refractivity contribution in [1.29, 1.82) is 0 Å². The van der Waals surface area contributed by atoms with Crippen LogP contribution in [0.5, 0.6) is 0 Å². The lowest BCUT2D eigenvalue weighted by Crippen LogP contribution is -2.09. The van der Waals surface area contributed by atoms with E-state index in [1.54, 1.807) is 0 Å². The van der Waals surface area contributed by atoms with E-state index in [2.05, 4.69) is 9.97 Å². The van der Waals surface area contributed by atoms with Crippen molar-refractivity contribution in [1.82, 2.24) is 9.97 Å². The van der Waals surface area contributed by atoms with Gasteiger partial charge in [0.05, 0.1) is 16.7 Å². The first-order valence-corrected chi connectivity index (χ1v) is 5.10. The zero-order chi connectivity index (χ0) is 12.3. The number of rotatable bonds is 0. The highest BCUT2D eigenvalue weighted by atomic mass is 16.1. The van der Waals surface area contributed by atoms with E-state index in [-0.39, 0.29) is 5.78 Å². The molecule has 0 saturated heterocycles. The Balaban J connectivity index is 0.000000514. The molecule has 1 heterocycles. The largest absolute Gasteiger partial charge is 0.307 e. The van der Waals surface area contributed by atoms with Gasteiger partial charge in [0.2, 0.25) is 0 Å². The van der Waals surface area contributed by atoms with Gasteiger partial charge < -0.3 is 4.79 Å². The van der Waals surface area contributed by atoms with Gasteiger partial charge in [0.25, 0.3) is 0 Å².